The number of halogens is 1. The van der Waals surface area contributed by atoms with Gasteiger partial charge in [-0.1, -0.05) is 17.7 Å². The first-order valence-corrected chi connectivity index (χ1v) is 5.73. The van der Waals surface area contributed by atoms with Gasteiger partial charge in [0.05, 0.1) is 10.0 Å². The summed E-state index contributed by atoms with van der Waals surface area (Å²) in [6, 6.07) is 9.20. The molecule has 0 aliphatic carbocycles. The molecular formula is C11H10ClNOS. The van der Waals surface area contributed by atoms with E-state index >= 15 is 0 Å². The average Bonchev–Trinajstić information content (AvgIpc) is 2.64. The van der Waals surface area contributed by atoms with Crippen LogP contribution in [0.4, 0.5) is 0 Å². The fraction of sp³-hybridized carbons (Fsp3) is 0.182. The number of nitrogens with zero attached hydrogens (tertiary/aromatic N) is 1. The smallest absolute Gasteiger partial charge is 0.130 e. The number of thiophene rings is 1. The van der Waals surface area contributed by atoms with Crippen molar-refractivity contribution in [1.29, 1.82) is 0 Å². The Balaban J connectivity index is 2.32. The highest BCUT2D eigenvalue weighted by atomic mass is 35.5. The van der Waals surface area contributed by atoms with E-state index in [1.165, 1.54) is 11.3 Å². The predicted octanol–water partition coefficient (Wildman–Crippen LogP) is 3.19. The van der Waals surface area contributed by atoms with Crippen LogP contribution in [-0.2, 0) is 0 Å². The van der Waals surface area contributed by atoms with Crippen LogP contribution in [0.25, 0.3) is 0 Å². The Morgan fingerprint density at radius 1 is 1.33 bits per heavy atom. The van der Waals surface area contributed by atoms with Gasteiger partial charge in [-0.15, -0.1) is 11.3 Å². The zero-order chi connectivity index (χ0) is 10.8. The molecule has 2 aromatic heterocycles. The summed E-state index contributed by atoms with van der Waals surface area (Å²) in [5, 5.41) is 10.0. The second-order valence-corrected chi connectivity index (χ2v) is 4.99. The Hall–Kier alpha value is -0.900. The summed E-state index contributed by atoms with van der Waals surface area (Å²) in [5.74, 6) is 0. The molecule has 0 aliphatic rings. The number of aryl methyl sites for hydroxylation is 1. The normalized spacial score (nSPS) is 12.7. The van der Waals surface area contributed by atoms with Crippen molar-refractivity contribution in [3.8, 4) is 0 Å². The van der Waals surface area contributed by atoms with Crippen molar-refractivity contribution < 1.29 is 5.11 Å². The van der Waals surface area contributed by atoms with Crippen molar-refractivity contribution in [1.82, 2.24) is 4.98 Å². The molecule has 0 saturated carbocycles. The predicted molar refractivity (Wildman–Crippen MR) is 62.4 cm³/mol. The summed E-state index contributed by atoms with van der Waals surface area (Å²) in [6.45, 7) is 1.90. The first kappa shape index (κ1) is 10.6. The molecule has 0 aliphatic heterocycles. The zero-order valence-corrected chi connectivity index (χ0v) is 9.72. The lowest BCUT2D eigenvalue weighted by molar-refractivity contribution is 0.219. The molecule has 2 rings (SSSR count). The van der Waals surface area contributed by atoms with Crippen LogP contribution in [0, 0.1) is 6.92 Å². The Labute approximate surface area is 97.2 Å². The van der Waals surface area contributed by atoms with E-state index in [1.807, 2.05) is 31.2 Å². The molecule has 0 aromatic carbocycles. The second kappa shape index (κ2) is 4.31. The average molecular weight is 240 g/mol. The van der Waals surface area contributed by atoms with Gasteiger partial charge in [-0.2, -0.15) is 0 Å². The first-order chi connectivity index (χ1) is 7.16. The molecule has 2 nitrogen and oxygen atoms in total. The van der Waals surface area contributed by atoms with Crippen molar-refractivity contribution >= 4 is 22.9 Å². The number of pyridine rings is 1. The molecule has 0 bridgehead atoms. The van der Waals surface area contributed by atoms with Gasteiger partial charge in [-0.3, -0.25) is 4.98 Å². The van der Waals surface area contributed by atoms with Gasteiger partial charge in [0.25, 0.3) is 0 Å². The molecule has 0 radical (unpaired) electrons. The van der Waals surface area contributed by atoms with Gasteiger partial charge >= 0.3 is 0 Å². The number of hydrogen-bond acceptors (Lipinski definition) is 3. The van der Waals surface area contributed by atoms with Crippen LogP contribution in [0.3, 0.4) is 0 Å². The molecule has 0 spiro atoms. The molecule has 0 fully saturated rings. The van der Waals surface area contributed by atoms with Gasteiger partial charge in [-0.25, -0.2) is 0 Å². The van der Waals surface area contributed by atoms with Crippen LogP contribution in [-0.4, -0.2) is 10.1 Å². The van der Waals surface area contributed by atoms with E-state index < -0.39 is 6.10 Å². The Bertz CT molecular complexity index is 469. The Kier molecular flexibility index (Phi) is 3.05. The molecule has 1 unspecified atom stereocenters. The third-order valence-electron chi connectivity index (χ3n) is 2.05. The third kappa shape index (κ3) is 2.37. The number of aliphatic hydroxyl groups excluding tert-OH is 1. The van der Waals surface area contributed by atoms with Crippen LogP contribution in [0.5, 0.6) is 0 Å². The van der Waals surface area contributed by atoms with E-state index in [-0.39, 0.29) is 0 Å². The molecule has 15 heavy (non-hydrogen) atoms. The summed E-state index contributed by atoms with van der Waals surface area (Å²) < 4.78 is 0.678. The minimum atomic E-state index is -0.678. The molecule has 1 N–H and O–H groups in total. The Morgan fingerprint density at radius 3 is 2.73 bits per heavy atom. The lowest BCUT2D eigenvalue weighted by atomic mass is 10.2. The topological polar surface area (TPSA) is 33.1 Å². The quantitative estimate of drug-likeness (QED) is 0.873. The number of aliphatic hydroxyl groups is 1. The van der Waals surface area contributed by atoms with Gasteiger partial charge in [0.15, 0.2) is 0 Å². The second-order valence-electron chi connectivity index (χ2n) is 3.25. The largest absolute Gasteiger partial charge is 0.381 e. The van der Waals surface area contributed by atoms with E-state index in [4.69, 9.17) is 11.6 Å². The van der Waals surface area contributed by atoms with E-state index in [2.05, 4.69) is 4.98 Å². The summed E-state index contributed by atoms with van der Waals surface area (Å²) in [5.41, 5.74) is 1.56. The van der Waals surface area contributed by atoms with Crippen LogP contribution < -0.4 is 0 Å². The minimum absolute atomic E-state index is 0.661. The standard InChI is InChI=1S/C11H10ClNOS/c1-7-3-2-4-8(13-7)11(14)9-5-6-10(12)15-9/h2-6,11,14H,1H3. The van der Waals surface area contributed by atoms with Gasteiger partial charge in [0.1, 0.15) is 6.10 Å². The van der Waals surface area contributed by atoms with Crippen LogP contribution in [0.1, 0.15) is 22.4 Å². The van der Waals surface area contributed by atoms with E-state index in [1.54, 1.807) is 6.07 Å². The molecule has 0 amide bonds. The molecule has 2 heterocycles. The fourth-order valence-corrected chi connectivity index (χ4v) is 2.40. The highest BCUT2D eigenvalue weighted by molar-refractivity contribution is 7.16. The molecular weight excluding hydrogens is 230 g/mol. The maximum absolute atomic E-state index is 10.0. The van der Waals surface area contributed by atoms with Crippen LogP contribution in [0.2, 0.25) is 4.34 Å². The summed E-state index contributed by atoms with van der Waals surface area (Å²) in [6.07, 6.45) is -0.678. The van der Waals surface area contributed by atoms with E-state index in [0.29, 0.717) is 10.0 Å². The summed E-state index contributed by atoms with van der Waals surface area (Å²) >= 11 is 7.18. The SMILES string of the molecule is Cc1cccc(C(O)c2ccc(Cl)s2)n1. The highest BCUT2D eigenvalue weighted by Crippen LogP contribution is 2.29. The van der Waals surface area contributed by atoms with Gasteiger partial charge in [0.2, 0.25) is 0 Å². The van der Waals surface area contributed by atoms with Crippen molar-refractivity contribution in [2.45, 2.75) is 13.0 Å². The van der Waals surface area contributed by atoms with E-state index in [0.717, 1.165) is 10.6 Å². The highest BCUT2D eigenvalue weighted by Gasteiger charge is 2.13. The molecule has 2 aromatic rings. The maximum Gasteiger partial charge on any atom is 0.130 e. The Morgan fingerprint density at radius 2 is 2.13 bits per heavy atom. The molecule has 1 atom stereocenters. The number of rotatable bonds is 2. The number of hydrogen-bond donors (Lipinski definition) is 1. The first-order valence-electron chi connectivity index (χ1n) is 4.53. The van der Waals surface area contributed by atoms with E-state index in [9.17, 15) is 5.11 Å². The summed E-state index contributed by atoms with van der Waals surface area (Å²) in [4.78, 5) is 5.09. The lowest BCUT2D eigenvalue weighted by Crippen LogP contribution is -2.00. The molecule has 78 valence electrons. The monoisotopic (exact) mass is 239 g/mol. The summed E-state index contributed by atoms with van der Waals surface area (Å²) in [7, 11) is 0. The van der Waals surface area contributed by atoms with Crippen LogP contribution in [0.15, 0.2) is 30.3 Å². The van der Waals surface area contributed by atoms with Crippen LogP contribution >= 0.6 is 22.9 Å². The maximum atomic E-state index is 10.0. The molecule has 0 saturated heterocycles. The van der Waals surface area contributed by atoms with Gasteiger partial charge in [0, 0.05) is 10.6 Å². The number of aromatic nitrogens is 1. The lowest BCUT2D eigenvalue weighted by Gasteiger charge is -2.07. The van der Waals surface area contributed by atoms with Crippen molar-refractivity contribution in [3.63, 3.8) is 0 Å². The fourth-order valence-electron chi connectivity index (χ4n) is 1.34. The van der Waals surface area contributed by atoms with Gasteiger partial charge in [-0.05, 0) is 31.2 Å². The van der Waals surface area contributed by atoms with Crippen molar-refractivity contribution in [2.24, 2.45) is 0 Å². The van der Waals surface area contributed by atoms with Crippen molar-refractivity contribution in [3.05, 3.63) is 50.9 Å². The zero-order valence-electron chi connectivity index (χ0n) is 8.14. The minimum Gasteiger partial charge on any atom is -0.381 e. The van der Waals surface area contributed by atoms with Gasteiger partial charge < -0.3 is 5.11 Å². The molecule has 4 heteroatoms. The third-order valence-corrected chi connectivity index (χ3v) is 3.34. The van der Waals surface area contributed by atoms with Crippen molar-refractivity contribution in [2.75, 3.05) is 0 Å².